The smallest absolute Gasteiger partial charge is 0.297 e. The van der Waals surface area contributed by atoms with Crippen molar-refractivity contribution in [1.82, 2.24) is 19.7 Å². The largest absolute Gasteiger partial charge is 0.448 e. The zero-order valence-corrected chi connectivity index (χ0v) is 13.6. The summed E-state index contributed by atoms with van der Waals surface area (Å²) in [6.45, 7) is 0.136. The van der Waals surface area contributed by atoms with Crippen LogP contribution in [0.25, 0.3) is 32.8 Å². The fourth-order valence-corrected chi connectivity index (χ4v) is 3.35. The number of hydrogen-bond acceptors (Lipinski definition) is 7. The van der Waals surface area contributed by atoms with Crippen molar-refractivity contribution in [2.24, 2.45) is 0 Å². The van der Waals surface area contributed by atoms with Gasteiger partial charge in [0.2, 0.25) is 17.3 Å². The highest BCUT2D eigenvalue weighted by molar-refractivity contribution is 7.13. The zero-order valence-electron chi connectivity index (χ0n) is 12.7. The fourth-order valence-electron chi connectivity index (χ4n) is 2.70. The van der Waals surface area contributed by atoms with Crippen LogP contribution in [0.3, 0.4) is 0 Å². The van der Waals surface area contributed by atoms with E-state index < -0.39 is 0 Å². The molecular weight excluding hydrogens is 340 g/mol. The minimum Gasteiger partial charge on any atom is -0.448 e. The molecule has 0 aliphatic heterocycles. The number of furan rings is 1. The molecule has 0 N–H and O–H groups in total. The molecule has 4 aromatic heterocycles. The van der Waals surface area contributed by atoms with E-state index in [2.05, 4.69) is 15.1 Å². The Kier molecular flexibility index (Phi) is 3.04. The van der Waals surface area contributed by atoms with Gasteiger partial charge < -0.3 is 8.94 Å². The second kappa shape index (κ2) is 5.38. The summed E-state index contributed by atoms with van der Waals surface area (Å²) in [5, 5.41) is 6.71. The third-order valence-electron chi connectivity index (χ3n) is 3.87. The van der Waals surface area contributed by atoms with Crippen molar-refractivity contribution in [3.8, 4) is 10.7 Å². The van der Waals surface area contributed by atoms with Gasteiger partial charge in [-0.1, -0.05) is 23.4 Å². The highest BCUT2D eigenvalue weighted by atomic mass is 32.1. The lowest BCUT2D eigenvalue weighted by molar-refractivity contribution is 0.369. The predicted molar refractivity (Wildman–Crippen MR) is 92.5 cm³/mol. The first-order valence-corrected chi connectivity index (χ1v) is 8.41. The Hall–Kier alpha value is -3.26. The van der Waals surface area contributed by atoms with Crippen molar-refractivity contribution in [3.63, 3.8) is 0 Å². The van der Waals surface area contributed by atoms with Crippen LogP contribution in [0, 0.1) is 0 Å². The summed E-state index contributed by atoms with van der Waals surface area (Å²) in [7, 11) is 0. The summed E-state index contributed by atoms with van der Waals surface area (Å²) in [6, 6.07) is 11.3. The van der Waals surface area contributed by atoms with Crippen LogP contribution in [-0.4, -0.2) is 19.7 Å². The molecule has 0 fully saturated rings. The van der Waals surface area contributed by atoms with E-state index in [9.17, 15) is 4.79 Å². The molecule has 8 heteroatoms. The topological polar surface area (TPSA) is 87.0 Å². The molecule has 0 aliphatic rings. The van der Waals surface area contributed by atoms with E-state index in [1.807, 2.05) is 41.8 Å². The number of aromatic nitrogens is 4. The van der Waals surface area contributed by atoms with Gasteiger partial charge in [-0.2, -0.15) is 4.98 Å². The summed E-state index contributed by atoms with van der Waals surface area (Å²) in [4.78, 5) is 22.3. The fraction of sp³-hybridized carbons (Fsp3) is 0.0588. The van der Waals surface area contributed by atoms with Crippen LogP contribution in [0.2, 0.25) is 0 Å². The van der Waals surface area contributed by atoms with Crippen molar-refractivity contribution in [1.29, 1.82) is 0 Å². The molecule has 5 aromatic rings. The summed E-state index contributed by atoms with van der Waals surface area (Å²) in [5.41, 5.74) is 1.14. The third-order valence-corrected chi connectivity index (χ3v) is 4.73. The molecule has 5 rings (SSSR count). The SMILES string of the molecule is O=c1c2oc3ccccc3c2ncn1Cc1nc(-c2cccs2)no1. The maximum Gasteiger partial charge on any atom is 0.297 e. The number of hydrogen-bond donors (Lipinski definition) is 0. The number of thiophene rings is 1. The molecule has 0 spiro atoms. The summed E-state index contributed by atoms with van der Waals surface area (Å²) < 4.78 is 12.3. The second-order valence-electron chi connectivity index (χ2n) is 5.44. The van der Waals surface area contributed by atoms with Gasteiger partial charge >= 0.3 is 0 Å². The number of nitrogens with zero attached hydrogens (tertiary/aromatic N) is 4. The van der Waals surface area contributed by atoms with E-state index in [-0.39, 0.29) is 17.7 Å². The molecule has 0 unspecified atom stereocenters. The van der Waals surface area contributed by atoms with Crippen molar-refractivity contribution in [2.45, 2.75) is 6.54 Å². The minimum atomic E-state index is -0.280. The van der Waals surface area contributed by atoms with Crippen LogP contribution in [0.4, 0.5) is 0 Å². The van der Waals surface area contributed by atoms with Crippen LogP contribution in [-0.2, 0) is 6.54 Å². The maximum absolute atomic E-state index is 12.7. The molecule has 0 saturated carbocycles. The highest BCUT2D eigenvalue weighted by Crippen LogP contribution is 2.24. The molecule has 122 valence electrons. The van der Waals surface area contributed by atoms with E-state index in [1.165, 1.54) is 22.2 Å². The van der Waals surface area contributed by atoms with Crippen LogP contribution < -0.4 is 5.56 Å². The van der Waals surface area contributed by atoms with E-state index in [0.717, 1.165) is 10.3 Å². The van der Waals surface area contributed by atoms with E-state index >= 15 is 0 Å². The summed E-state index contributed by atoms with van der Waals surface area (Å²) in [5.74, 6) is 0.846. The second-order valence-corrected chi connectivity index (χ2v) is 6.39. The Morgan fingerprint density at radius 3 is 2.96 bits per heavy atom. The molecule has 0 aliphatic carbocycles. The molecule has 0 atom stereocenters. The number of fused-ring (bicyclic) bond motifs is 3. The van der Waals surface area contributed by atoms with E-state index in [1.54, 1.807) is 0 Å². The molecular formula is C17H10N4O3S. The van der Waals surface area contributed by atoms with Gasteiger partial charge in [-0.3, -0.25) is 9.36 Å². The van der Waals surface area contributed by atoms with Gasteiger partial charge in [0.1, 0.15) is 17.6 Å². The first kappa shape index (κ1) is 14.1. The van der Waals surface area contributed by atoms with Gasteiger partial charge in [0.15, 0.2) is 0 Å². The lowest BCUT2D eigenvalue weighted by Gasteiger charge is -2.00. The lowest BCUT2D eigenvalue weighted by Crippen LogP contribution is -2.20. The third kappa shape index (κ3) is 2.26. The van der Waals surface area contributed by atoms with Crippen LogP contribution >= 0.6 is 11.3 Å². The standard InChI is InChI=1S/C17H10N4O3S/c22-17-15-14(10-4-1-2-5-11(10)23-15)18-9-21(17)8-13-19-16(20-24-13)12-6-3-7-25-12/h1-7,9H,8H2. The monoisotopic (exact) mass is 350 g/mol. The van der Waals surface area contributed by atoms with Crippen molar-refractivity contribution >= 4 is 33.4 Å². The first-order chi connectivity index (χ1) is 12.3. The Bertz CT molecular complexity index is 1250. The molecule has 7 nitrogen and oxygen atoms in total. The maximum atomic E-state index is 12.7. The van der Waals surface area contributed by atoms with Crippen LogP contribution in [0.1, 0.15) is 5.89 Å². The molecule has 0 saturated heterocycles. The number of benzene rings is 1. The van der Waals surface area contributed by atoms with Gasteiger partial charge in [0, 0.05) is 5.39 Å². The summed E-state index contributed by atoms with van der Waals surface area (Å²) in [6.07, 6.45) is 1.47. The molecule has 0 radical (unpaired) electrons. The van der Waals surface area contributed by atoms with Crippen LogP contribution in [0.5, 0.6) is 0 Å². The summed E-state index contributed by atoms with van der Waals surface area (Å²) >= 11 is 1.52. The zero-order chi connectivity index (χ0) is 16.8. The minimum absolute atomic E-state index is 0.136. The predicted octanol–water partition coefficient (Wildman–Crippen LogP) is 3.30. The molecule has 0 amide bonds. The highest BCUT2D eigenvalue weighted by Gasteiger charge is 2.15. The Morgan fingerprint density at radius 2 is 2.08 bits per heavy atom. The quantitative estimate of drug-likeness (QED) is 0.496. The van der Waals surface area contributed by atoms with Gasteiger partial charge in [-0.25, -0.2) is 4.98 Å². The average Bonchev–Trinajstić information content (AvgIpc) is 3.36. The van der Waals surface area contributed by atoms with Gasteiger partial charge in [0.05, 0.1) is 11.2 Å². The average molecular weight is 350 g/mol. The van der Waals surface area contributed by atoms with E-state index in [4.69, 9.17) is 8.94 Å². The van der Waals surface area contributed by atoms with E-state index in [0.29, 0.717) is 22.8 Å². The normalized spacial score (nSPS) is 11.5. The first-order valence-electron chi connectivity index (χ1n) is 7.53. The van der Waals surface area contributed by atoms with Gasteiger partial charge in [-0.15, -0.1) is 11.3 Å². The number of para-hydroxylation sites is 1. The molecule has 1 aromatic carbocycles. The van der Waals surface area contributed by atoms with Crippen LogP contribution in [0.15, 0.2) is 61.8 Å². The molecule has 0 bridgehead atoms. The van der Waals surface area contributed by atoms with Gasteiger partial charge in [-0.05, 0) is 23.6 Å². The number of rotatable bonds is 3. The van der Waals surface area contributed by atoms with Crippen molar-refractivity contribution < 1.29 is 8.94 Å². The Labute approximate surface area is 144 Å². The Balaban J connectivity index is 1.56. The van der Waals surface area contributed by atoms with Crippen molar-refractivity contribution in [2.75, 3.05) is 0 Å². The molecule has 4 heterocycles. The Morgan fingerprint density at radius 1 is 1.16 bits per heavy atom. The van der Waals surface area contributed by atoms with Crippen molar-refractivity contribution in [3.05, 3.63) is 64.4 Å². The lowest BCUT2D eigenvalue weighted by atomic mass is 10.2. The molecule has 25 heavy (non-hydrogen) atoms. The van der Waals surface area contributed by atoms with Gasteiger partial charge in [0.25, 0.3) is 5.56 Å².